The van der Waals surface area contributed by atoms with E-state index in [4.69, 9.17) is 4.74 Å². The Bertz CT molecular complexity index is 678. The van der Waals surface area contributed by atoms with Crippen molar-refractivity contribution >= 4 is 47.2 Å². The number of halogens is 1. The zero-order valence-corrected chi connectivity index (χ0v) is 18.8. The molecule has 1 heterocycles. The monoisotopic (exact) mass is 502 g/mol. The molecule has 2 aromatic rings. The minimum absolute atomic E-state index is 0. The minimum Gasteiger partial charge on any atom is -0.492 e. The molecule has 6 nitrogen and oxygen atoms in total. The van der Waals surface area contributed by atoms with Gasteiger partial charge < -0.3 is 20.3 Å². The highest BCUT2D eigenvalue weighted by atomic mass is 127. The number of para-hydroxylation sites is 1. The van der Waals surface area contributed by atoms with Crippen LogP contribution in [-0.4, -0.2) is 57.1 Å². The number of likely N-dealkylation sites (N-methyl/N-ethyl adjacent to an activating group) is 1. The molecule has 0 radical (unpaired) electrons. The number of ether oxygens (including phenoxy) is 1. The molecule has 0 unspecified atom stereocenters. The molecule has 148 valence electrons. The lowest BCUT2D eigenvalue weighted by atomic mass is 10.3. The van der Waals surface area contributed by atoms with Crippen molar-refractivity contribution in [3.8, 4) is 5.75 Å². The van der Waals surface area contributed by atoms with Crippen LogP contribution in [0.1, 0.15) is 4.88 Å². The van der Waals surface area contributed by atoms with Crippen molar-refractivity contribution in [2.75, 3.05) is 40.3 Å². The third-order valence-corrected chi connectivity index (χ3v) is 4.46. The Morgan fingerprint density at radius 3 is 2.52 bits per heavy atom. The summed E-state index contributed by atoms with van der Waals surface area (Å²) in [5.74, 6) is 1.42. The van der Waals surface area contributed by atoms with Crippen LogP contribution in [0.15, 0.2) is 52.8 Å². The second kappa shape index (κ2) is 13.4. The van der Waals surface area contributed by atoms with Crippen molar-refractivity contribution in [2.24, 2.45) is 4.99 Å². The number of benzene rings is 1. The third-order valence-electron chi connectivity index (χ3n) is 3.52. The Labute approximate surface area is 182 Å². The molecule has 0 saturated carbocycles. The van der Waals surface area contributed by atoms with Crippen molar-refractivity contribution < 1.29 is 9.53 Å². The fraction of sp³-hybridized carbons (Fsp3) is 0.368. The van der Waals surface area contributed by atoms with Crippen LogP contribution in [0.25, 0.3) is 0 Å². The summed E-state index contributed by atoms with van der Waals surface area (Å²) in [5, 5.41) is 8.55. The van der Waals surface area contributed by atoms with Crippen molar-refractivity contribution in [3.05, 3.63) is 52.7 Å². The maximum Gasteiger partial charge on any atom is 0.243 e. The average molecular weight is 502 g/mol. The second-order valence-corrected chi connectivity index (χ2v) is 6.83. The van der Waals surface area contributed by atoms with Gasteiger partial charge in [-0.15, -0.1) is 35.3 Å². The van der Waals surface area contributed by atoms with Crippen LogP contribution in [-0.2, 0) is 11.2 Å². The Morgan fingerprint density at radius 2 is 1.85 bits per heavy atom. The number of carbonyl (C=O) groups is 1. The number of carbonyl (C=O) groups excluding carboxylic acids is 1. The third kappa shape index (κ3) is 9.62. The summed E-state index contributed by atoms with van der Waals surface area (Å²) in [4.78, 5) is 19.0. The standard InChI is InChI=1S/C19H26N4O2S.HI/c1-23(2)18(24)15-22-19(20-11-10-17-9-6-14-26-17)21-12-13-25-16-7-4-3-5-8-16;/h3-9,14H,10-13,15H2,1-2H3,(H2,20,21,22);1H. The second-order valence-electron chi connectivity index (χ2n) is 5.80. The normalized spacial score (nSPS) is 10.7. The van der Waals surface area contributed by atoms with E-state index in [1.165, 1.54) is 9.78 Å². The van der Waals surface area contributed by atoms with E-state index in [0.717, 1.165) is 18.7 Å². The Kier molecular flexibility index (Phi) is 11.5. The van der Waals surface area contributed by atoms with Gasteiger partial charge in [0.25, 0.3) is 0 Å². The van der Waals surface area contributed by atoms with Crippen LogP contribution in [0.4, 0.5) is 0 Å². The lowest BCUT2D eigenvalue weighted by Crippen LogP contribution is -2.41. The highest BCUT2D eigenvalue weighted by molar-refractivity contribution is 14.0. The Morgan fingerprint density at radius 1 is 1.11 bits per heavy atom. The molecule has 0 fully saturated rings. The Hall–Kier alpha value is -1.81. The number of rotatable bonds is 9. The molecule has 0 aliphatic heterocycles. The lowest BCUT2D eigenvalue weighted by Gasteiger charge is -2.14. The fourth-order valence-corrected chi connectivity index (χ4v) is 2.79. The van der Waals surface area contributed by atoms with E-state index in [-0.39, 0.29) is 36.4 Å². The molecule has 0 aliphatic carbocycles. The summed E-state index contributed by atoms with van der Waals surface area (Å²) in [6, 6.07) is 13.8. The topological polar surface area (TPSA) is 66.0 Å². The van der Waals surface area contributed by atoms with E-state index >= 15 is 0 Å². The maximum absolute atomic E-state index is 11.8. The molecule has 0 saturated heterocycles. The molecule has 0 atom stereocenters. The number of thiophene rings is 1. The van der Waals surface area contributed by atoms with Gasteiger partial charge in [0.2, 0.25) is 5.91 Å². The van der Waals surface area contributed by atoms with Gasteiger partial charge in [0.1, 0.15) is 18.9 Å². The quantitative estimate of drug-likeness (QED) is 0.240. The summed E-state index contributed by atoms with van der Waals surface area (Å²) in [5.41, 5.74) is 0. The zero-order valence-electron chi connectivity index (χ0n) is 15.7. The summed E-state index contributed by atoms with van der Waals surface area (Å²) in [6.45, 7) is 1.97. The first-order valence-electron chi connectivity index (χ1n) is 8.57. The van der Waals surface area contributed by atoms with Gasteiger partial charge in [-0.3, -0.25) is 4.79 Å². The van der Waals surface area contributed by atoms with Gasteiger partial charge in [0, 0.05) is 25.5 Å². The van der Waals surface area contributed by atoms with Crippen molar-refractivity contribution in [2.45, 2.75) is 6.42 Å². The minimum atomic E-state index is -0.0371. The number of nitrogens with zero attached hydrogens (tertiary/aromatic N) is 2. The molecule has 1 aromatic heterocycles. The SMILES string of the molecule is CN(C)C(=O)CN=C(NCCOc1ccccc1)NCCc1cccs1.I. The number of hydrogen-bond acceptors (Lipinski definition) is 4. The van der Waals surface area contributed by atoms with Gasteiger partial charge in [0.15, 0.2) is 5.96 Å². The molecule has 0 spiro atoms. The van der Waals surface area contributed by atoms with Crippen LogP contribution in [0.5, 0.6) is 5.75 Å². The zero-order chi connectivity index (χ0) is 18.6. The largest absolute Gasteiger partial charge is 0.492 e. The predicted octanol–water partition coefficient (Wildman–Crippen LogP) is 2.61. The van der Waals surface area contributed by atoms with E-state index in [2.05, 4.69) is 27.1 Å². The van der Waals surface area contributed by atoms with Gasteiger partial charge >= 0.3 is 0 Å². The number of guanidine groups is 1. The molecule has 0 aliphatic rings. The maximum atomic E-state index is 11.8. The number of amides is 1. The van der Waals surface area contributed by atoms with E-state index in [1.807, 2.05) is 36.4 Å². The van der Waals surface area contributed by atoms with Crippen LogP contribution >= 0.6 is 35.3 Å². The summed E-state index contributed by atoms with van der Waals surface area (Å²) in [7, 11) is 3.45. The molecule has 0 bridgehead atoms. The molecular formula is C19H27IN4O2S. The average Bonchev–Trinajstić information content (AvgIpc) is 3.16. The highest BCUT2D eigenvalue weighted by Crippen LogP contribution is 2.08. The number of aliphatic imine (C=N–C) groups is 1. The van der Waals surface area contributed by atoms with Crippen LogP contribution in [0.3, 0.4) is 0 Å². The van der Waals surface area contributed by atoms with Gasteiger partial charge in [-0.2, -0.15) is 0 Å². The first kappa shape index (κ1) is 23.2. The van der Waals surface area contributed by atoms with E-state index < -0.39 is 0 Å². The Balaban J connectivity index is 0.00000364. The van der Waals surface area contributed by atoms with E-state index in [0.29, 0.717) is 19.1 Å². The van der Waals surface area contributed by atoms with Gasteiger partial charge in [-0.1, -0.05) is 24.3 Å². The first-order chi connectivity index (χ1) is 12.6. The molecule has 27 heavy (non-hydrogen) atoms. The van der Waals surface area contributed by atoms with Gasteiger partial charge in [-0.25, -0.2) is 4.99 Å². The summed E-state index contributed by atoms with van der Waals surface area (Å²) < 4.78 is 5.66. The van der Waals surface area contributed by atoms with Crippen molar-refractivity contribution in [1.29, 1.82) is 0 Å². The van der Waals surface area contributed by atoms with E-state index in [9.17, 15) is 4.79 Å². The van der Waals surface area contributed by atoms with Gasteiger partial charge in [0.05, 0.1) is 6.54 Å². The van der Waals surface area contributed by atoms with Crippen LogP contribution in [0, 0.1) is 0 Å². The summed E-state index contributed by atoms with van der Waals surface area (Å²) >= 11 is 1.73. The molecule has 8 heteroatoms. The lowest BCUT2D eigenvalue weighted by molar-refractivity contribution is -0.127. The highest BCUT2D eigenvalue weighted by Gasteiger charge is 2.05. The molecule has 2 rings (SSSR count). The molecule has 1 amide bonds. The van der Waals surface area contributed by atoms with Crippen LogP contribution in [0.2, 0.25) is 0 Å². The smallest absolute Gasteiger partial charge is 0.243 e. The number of nitrogens with one attached hydrogen (secondary N) is 2. The predicted molar refractivity (Wildman–Crippen MR) is 122 cm³/mol. The van der Waals surface area contributed by atoms with E-state index in [1.54, 1.807) is 25.4 Å². The van der Waals surface area contributed by atoms with Crippen molar-refractivity contribution in [1.82, 2.24) is 15.5 Å². The number of hydrogen-bond donors (Lipinski definition) is 2. The van der Waals surface area contributed by atoms with Crippen LogP contribution < -0.4 is 15.4 Å². The van der Waals surface area contributed by atoms with Crippen molar-refractivity contribution in [3.63, 3.8) is 0 Å². The van der Waals surface area contributed by atoms with Gasteiger partial charge in [-0.05, 0) is 30.0 Å². The summed E-state index contributed by atoms with van der Waals surface area (Å²) in [6.07, 6.45) is 0.917. The molecule has 1 aromatic carbocycles. The molecule has 2 N–H and O–H groups in total. The first-order valence-corrected chi connectivity index (χ1v) is 9.45. The molecular weight excluding hydrogens is 475 g/mol. The fourth-order valence-electron chi connectivity index (χ4n) is 2.08.